The first kappa shape index (κ1) is 15.5. The molecule has 23 heavy (non-hydrogen) atoms. The summed E-state index contributed by atoms with van der Waals surface area (Å²) in [6, 6.07) is 15.6. The van der Waals surface area contributed by atoms with E-state index in [1.54, 1.807) is 12.3 Å². The first-order valence-electron chi connectivity index (χ1n) is 7.83. The van der Waals surface area contributed by atoms with Crippen LogP contribution in [0, 0.1) is 11.3 Å². The van der Waals surface area contributed by atoms with E-state index in [2.05, 4.69) is 20.9 Å². The molecule has 0 bridgehead atoms. The summed E-state index contributed by atoms with van der Waals surface area (Å²) in [7, 11) is 0. The number of nitriles is 1. The van der Waals surface area contributed by atoms with E-state index < -0.39 is 6.10 Å². The molecule has 5 nitrogen and oxygen atoms in total. The van der Waals surface area contributed by atoms with Gasteiger partial charge in [-0.25, -0.2) is 4.98 Å². The number of rotatable bonds is 4. The number of piperazine rings is 1. The average molecular weight is 308 g/mol. The van der Waals surface area contributed by atoms with Crippen LogP contribution >= 0.6 is 0 Å². The van der Waals surface area contributed by atoms with Crippen molar-refractivity contribution >= 4 is 5.82 Å². The SMILES string of the molecule is N#Cc1ccc(N2CCN(C[C@@H](O)c3ccccc3)CC2)nc1. The highest BCUT2D eigenvalue weighted by Gasteiger charge is 2.20. The number of pyridine rings is 1. The Morgan fingerprint density at radius 3 is 2.43 bits per heavy atom. The lowest BCUT2D eigenvalue weighted by Crippen LogP contribution is -2.47. The van der Waals surface area contributed by atoms with E-state index in [0.717, 1.165) is 37.6 Å². The summed E-state index contributed by atoms with van der Waals surface area (Å²) in [5.41, 5.74) is 1.54. The monoisotopic (exact) mass is 308 g/mol. The van der Waals surface area contributed by atoms with Gasteiger partial charge in [-0.3, -0.25) is 4.90 Å². The number of aliphatic hydroxyl groups is 1. The van der Waals surface area contributed by atoms with Crippen molar-refractivity contribution in [1.29, 1.82) is 5.26 Å². The van der Waals surface area contributed by atoms with Gasteiger partial charge in [0.05, 0.1) is 11.7 Å². The average Bonchev–Trinajstić information content (AvgIpc) is 2.63. The molecule has 5 heteroatoms. The van der Waals surface area contributed by atoms with Gasteiger partial charge >= 0.3 is 0 Å². The molecule has 2 aromatic rings. The molecule has 0 saturated carbocycles. The van der Waals surface area contributed by atoms with Crippen LogP contribution in [0.4, 0.5) is 5.82 Å². The number of β-amino-alcohol motifs (C(OH)–C–C–N with tert-alkyl or cyclic N) is 1. The van der Waals surface area contributed by atoms with E-state index >= 15 is 0 Å². The summed E-state index contributed by atoms with van der Waals surface area (Å²) in [6.07, 6.45) is 1.16. The highest BCUT2D eigenvalue weighted by molar-refractivity contribution is 5.42. The predicted molar refractivity (Wildman–Crippen MR) is 89.0 cm³/mol. The molecule has 0 spiro atoms. The van der Waals surface area contributed by atoms with Gasteiger partial charge in [0.15, 0.2) is 0 Å². The molecular weight excluding hydrogens is 288 g/mol. The fraction of sp³-hybridized carbons (Fsp3) is 0.333. The molecule has 3 rings (SSSR count). The van der Waals surface area contributed by atoms with Gasteiger partial charge in [0.25, 0.3) is 0 Å². The van der Waals surface area contributed by atoms with Crippen molar-refractivity contribution in [2.75, 3.05) is 37.6 Å². The summed E-state index contributed by atoms with van der Waals surface area (Å²) in [6.45, 7) is 4.19. The fourth-order valence-electron chi connectivity index (χ4n) is 2.82. The molecule has 1 aliphatic rings. The lowest BCUT2D eigenvalue weighted by Gasteiger charge is -2.36. The number of anilines is 1. The Morgan fingerprint density at radius 1 is 1.09 bits per heavy atom. The number of hydrogen-bond acceptors (Lipinski definition) is 5. The zero-order valence-corrected chi connectivity index (χ0v) is 13.0. The lowest BCUT2D eigenvalue weighted by molar-refractivity contribution is 0.109. The Balaban J connectivity index is 1.53. The Kier molecular flexibility index (Phi) is 4.86. The second-order valence-corrected chi connectivity index (χ2v) is 5.73. The van der Waals surface area contributed by atoms with Gasteiger partial charge < -0.3 is 10.0 Å². The van der Waals surface area contributed by atoms with Crippen LogP contribution in [0.1, 0.15) is 17.2 Å². The number of nitrogens with zero attached hydrogens (tertiary/aromatic N) is 4. The first-order chi connectivity index (χ1) is 11.3. The van der Waals surface area contributed by atoms with Crippen LogP contribution < -0.4 is 4.90 Å². The van der Waals surface area contributed by atoms with Gasteiger partial charge in [-0.1, -0.05) is 30.3 Å². The zero-order chi connectivity index (χ0) is 16.1. The molecule has 1 saturated heterocycles. The molecule has 1 aromatic carbocycles. The van der Waals surface area contributed by atoms with Crippen LogP contribution in [0.2, 0.25) is 0 Å². The van der Waals surface area contributed by atoms with Crippen molar-refractivity contribution in [1.82, 2.24) is 9.88 Å². The third kappa shape index (κ3) is 3.86. The molecule has 1 atom stereocenters. The summed E-state index contributed by atoms with van der Waals surface area (Å²) >= 11 is 0. The van der Waals surface area contributed by atoms with Crippen LogP contribution in [0.15, 0.2) is 48.7 Å². The third-order valence-corrected chi connectivity index (χ3v) is 4.19. The Hall–Kier alpha value is -2.42. The minimum absolute atomic E-state index is 0.448. The van der Waals surface area contributed by atoms with Crippen LogP contribution in [0.3, 0.4) is 0 Å². The summed E-state index contributed by atoms with van der Waals surface area (Å²) < 4.78 is 0. The topological polar surface area (TPSA) is 63.4 Å². The third-order valence-electron chi connectivity index (χ3n) is 4.19. The van der Waals surface area contributed by atoms with Gasteiger partial charge in [-0.2, -0.15) is 5.26 Å². The maximum atomic E-state index is 10.3. The molecular formula is C18H20N4O. The number of aliphatic hydroxyl groups excluding tert-OH is 1. The largest absolute Gasteiger partial charge is 0.387 e. The minimum Gasteiger partial charge on any atom is -0.387 e. The summed E-state index contributed by atoms with van der Waals surface area (Å²) in [5.74, 6) is 0.909. The van der Waals surface area contributed by atoms with Gasteiger partial charge in [0.2, 0.25) is 0 Å². The van der Waals surface area contributed by atoms with Crippen molar-refractivity contribution in [3.8, 4) is 6.07 Å². The molecule has 1 N–H and O–H groups in total. The highest BCUT2D eigenvalue weighted by atomic mass is 16.3. The van der Waals surface area contributed by atoms with Crippen molar-refractivity contribution < 1.29 is 5.11 Å². The van der Waals surface area contributed by atoms with Crippen molar-refractivity contribution in [2.45, 2.75) is 6.10 Å². The quantitative estimate of drug-likeness (QED) is 0.933. The molecule has 0 aliphatic carbocycles. The molecule has 1 aromatic heterocycles. The van der Waals surface area contributed by atoms with E-state index in [0.29, 0.717) is 12.1 Å². The van der Waals surface area contributed by atoms with Crippen LogP contribution in [-0.2, 0) is 0 Å². The van der Waals surface area contributed by atoms with E-state index in [4.69, 9.17) is 5.26 Å². The molecule has 0 radical (unpaired) electrons. The molecule has 1 aliphatic heterocycles. The van der Waals surface area contributed by atoms with Crippen molar-refractivity contribution in [3.63, 3.8) is 0 Å². The first-order valence-corrected chi connectivity index (χ1v) is 7.83. The van der Waals surface area contributed by atoms with Crippen LogP contribution in [0.25, 0.3) is 0 Å². The number of aromatic nitrogens is 1. The molecule has 2 heterocycles. The van der Waals surface area contributed by atoms with Gasteiger partial charge in [0.1, 0.15) is 11.9 Å². The standard InChI is InChI=1S/C18H20N4O/c19-12-15-6-7-18(20-13-15)22-10-8-21(9-11-22)14-17(23)16-4-2-1-3-5-16/h1-7,13,17,23H,8-11,14H2/t17-/m1/s1. The molecule has 0 unspecified atom stereocenters. The van der Waals surface area contributed by atoms with Crippen molar-refractivity contribution in [3.05, 3.63) is 59.8 Å². The summed E-state index contributed by atoms with van der Waals surface area (Å²) in [4.78, 5) is 8.83. The van der Waals surface area contributed by atoms with Gasteiger partial charge in [-0.15, -0.1) is 0 Å². The van der Waals surface area contributed by atoms with E-state index in [1.807, 2.05) is 36.4 Å². The zero-order valence-electron chi connectivity index (χ0n) is 13.0. The fourth-order valence-corrected chi connectivity index (χ4v) is 2.82. The Bertz CT molecular complexity index is 658. The van der Waals surface area contributed by atoms with Gasteiger partial charge in [-0.05, 0) is 17.7 Å². The second-order valence-electron chi connectivity index (χ2n) is 5.73. The van der Waals surface area contributed by atoms with Gasteiger partial charge in [0, 0.05) is 38.9 Å². The van der Waals surface area contributed by atoms with E-state index in [1.165, 1.54) is 0 Å². The normalized spacial score (nSPS) is 16.8. The number of benzene rings is 1. The highest BCUT2D eigenvalue weighted by Crippen LogP contribution is 2.17. The Morgan fingerprint density at radius 2 is 1.83 bits per heavy atom. The van der Waals surface area contributed by atoms with Crippen LogP contribution in [0.5, 0.6) is 0 Å². The van der Waals surface area contributed by atoms with E-state index in [-0.39, 0.29) is 0 Å². The molecule has 1 fully saturated rings. The maximum absolute atomic E-state index is 10.3. The predicted octanol–water partition coefficient (Wildman–Crippen LogP) is 1.81. The van der Waals surface area contributed by atoms with Crippen molar-refractivity contribution in [2.24, 2.45) is 0 Å². The molecule has 118 valence electrons. The number of hydrogen-bond donors (Lipinski definition) is 1. The summed E-state index contributed by atoms with van der Waals surface area (Å²) in [5, 5.41) is 19.1. The Labute approximate surface area is 136 Å². The van der Waals surface area contributed by atoms with E-state index in [9.17, 15) is 5.11 Å². The maximum Gasteiger partial charge on any atom is 0.128 e. The molecule has 0 amide bonds. The smallest absolute Gasteiger partial charge is 0.128 e. The second kappa shape index (κ2) is 7.23. The minimum atomic E-state index is -0.448. The lowest BCUT2D eigenvalue weighted by atomic mass is 10.1. The van der Waals surface area contributed by atoms with Crippen LogP contribution in [-0.4, -0.2) is 47.7 Å².